The number of carboxylic acids is 1. The molecule has 11 heavy (non-hydrogen) atoms. The van der Waals surface area contributed by atoms with Crippen LogP contribution >= 0.6 is 0 Å². The minimum Gasteiger partial charge on any atom is -0.474 e. The molecule has 0 aromatic carbocycles. The average molecular weight is 159 g/mol. The van der Waals surface area contributed by atoms with E-state index in [0.717, 1.165) is 0 Å². The molecule has 0 aromatic heterocycles. The van der Waals surface area contributed by atoms with Crippen LogP contribution in [0.1, 0.15) is 13.8 Å². The van der Waals surface area contributed by atoms with Gasteiger partial charge >= 0.3 is 11.9 Å². The topological polar surface area (TPSA) is 83.5 Å². The zero-order valence-corrected chi connectivity index (χ0v) is 6.25. The fourth-order valence-corrected chi connectivity index (χ4v) is 0.360. The Kier molecular flexibility index (Phi) is 3.23. The average Bonchev–Trinajstić information content (AvgIpc) is 1.87. The standard InChI is InChI=1S/C6H9NO4/c1-3(4(2)8)7-5(9)6(10)11/h3H,1-2H3,(H,7,9)(H,10,11)/t3-/m0/s1. The van der Waals surface area contributed by atoms with Crippen molar-refractivity contribution < 1.29 is 19.5 Å². The Labute approximate surface area is 63.4 Å². The van der Waals surface area contributed by atoms with Crippen molar-refractivity contribution in [2.24, 2.45) is 0 Å². The lowest BCUT2D eigenvalue weighted by atomic mass is 10.2. The van der Waals surface area contributed by atoms with Crippen molar-refractivity contribution >= 4 is 17.7 Å². The molecule has 5 nitrogen and oxygen atoms in total. The Bertz CT molecular complexity index is 199. The number of carbonyl (C=O) groups excluding carboxylic acids is 2. The summed E-state index contributed by atoms with van der Waals surface area (Å²) in [6.07, 6.45) is 0. The highest BCUT2D eigenvalue weighted by Crippen LogP contribution is 1.82. The second-order valence-electron chi connectivity index (χ2n) is 2.11. The highest BCUT2D eigenvalue weighted by Gasteiger charge is 2.16. The van der Waals surface area contributed by atoms with Gasteiger partial charge in [-0.1, -0.05) is 0 Å². The number of carbonyl (C=O) groups is 3. The summed E-state index contributed by atoms with van der Waals surface area (Å²) < 4.78 is 0. The predicted molar refractivity (Wildman–Crippen MR) is 35.9 cm³/mol. The minimum atomic E-state index is -1.59. The molecule has 0 spiro atoms. The van der Waals surface area contributed by atoms with Crippen LogP contribution in [0.3, 0.4) is 0 Å². The SMILES string of the molecule is CC(=O)[C@H](C)NC(=O)C(=O)O. The third-order valence-corrected chi connectivity index (χ3v) is 1.15. The summed E-state index contributed by atoms with van der Waals surface area (Å²) in [4.78, 5) is 30.8. The summed E-state index contributed by atoms with van der Waals surface area (Å²) in [6.45, 7) is 2.69. The molecule has 0 saturated heterocycles. The Morgan fingerprint density at radius 3 is 2.09 bits per heavy atom. The monoisotopic (exact) mass is 159 g/mol. The van der Waals surface area contributed by atoms with Crippen LogP contribution in [0.5, 0.6) is 0 Å². The number of rotatable bonds is 2. The fourth-order valence-electron chi connectivity index (χ4n) is 0.360. The number of ketones is 1. The summed E-state index contributed by atoms with van der Waals surface area (Å²) in [6, 6.07) is -0.737. The van der Waals surface area contributed by atoms with E-state index in [1.807, 2.05) is 5.32 Å². The van der Waals surface area contributed by atoms with Crippen LogP contribution in [0.4, 0.5) is 0 Å². The van der Waals surface area contributed by atoms with E-state index in [4.69, 9.17) is 5.11 Å². The molecular formula is C6H9NO4. The van der Waals surface area contributed by atoms with E-state index in [2.05, 4.69) is 0 Å². The van der Waals surface area contributed by atoms with E-state index < -0.39 is 17.9 Å². The number of Topliss-reactive ketones (excluding diaryl/α,β-unsaturated/α-hetero) is 1. The predicted octanol–water partition coefficient (Wildman–Crippen LogP) is -0.835. The zero-order valence-electron chi connectivity index (χ0n) is 6.25. The van der Waals surface area contributed by atoms with E-state index in [-0.39, 0.29) is 5.78 Å². The fraction of sp³-hybridized carbons (Fsp3) is 0.500. The normalized spacial score (nSPS) is 11.8. The van der Waals surface area contributed by atoms with Crippen LogP contribution in [0.25, 0.3) is 0 Å². The maximum absolute atomic E-state index is 10.5. The van der Waals surface area contributed by atoms with Crippen LogP contribution in [-0.2, 0) is 14.4 Å². The van der Waals surface area contributed by atoms with Gasteiger partial charge in [0.15, 0.2) is 5.78 Å². The molecular weight excluding hydrogens is 150 g/mol. The molecule has 0 bridgehead atoms. The summed E-state index contributed by atoms with van der Waals surface area (Å²) in [5.74, 6) is -3.02. The quantitative estimate of drug-likeness (QED) is 0.515. The molecule has 1 atom stereocenters. The van der Waals surface area contributed by atoms with Gasteiger partial charge in [0.2, 0.25) is 0 Å². The van der Waals surface area contributed by atoms with Gasteiger partial charge in [-0.25, -0.2) is 4.79 Å². The number of nitrogens with one attached hydrogen (secondary N) is 1. The first kappa shape index (κ1) is 9.61. The zero-order chi connectivity index (χ0) is 9.02. The summed E-state index contributed by atoms with van der Waals surface area (Å²) in [7, 11) is 0. The van der Waals surface area contributed by atoms with Crippen LogP contribution in [0.2, 0.25) is 0 Å². The first-order chi connectivity index (χ1) is 4.95. The van der Waals surface area contributed by atoms with Crippen LogP contribution in [0.15, 0.2) is 0 Å². The number of aliphatic carboxylic acids is 1. The van der Waals surface area contributed by atoms with Crippen LogP contribution in [0, 0.1) is 0 Å². The number of hydrogen-bond donors (Lipinski definition) is 2. The second-order valence-corrected chi connectivity index (χ2v) is 2.11. The molecule has 0 radical (unpaired) electrons. The Balaban J connectivity index is 3.95. The second kappa shape index (κ2) is 3.70. The van der Waals surface area contributed by atoms with E-state index in [1.54, 1.807) is 0 Å². The molecule has 2 N–H and O–H groups in total. The van der Waals surface area contributed by atoms with Crippen molar-refractivity contribution in [3.63, 3.8) is 0 Å². The summed E-state index contributed by atoms with van der Waals surface area (Å²) in [5.41, 5.74) is 0. The van der Waals surface area contributed by atoms with E-state index in [1.165, 1.54) is 13.8 Å². The molecule has 62 valence electrons. The smallest absolute Gasteiger partial charge is 0.394 e. The lowest BCUT2D eigenvalue weighted by Gasteiger charge is -2.06. The molecule has 0 heterocycles. The molecule has 0 aromatic rings. The number of amides is 1. The van der Waals surface area contributed by atoms with Crippen molar-refractivity contribution in [3.8, 4) is 0 Å². The minimum absolute atomic E-state index is 0.278. The molecule has 1 amide bonds. The first-order valence-electron chi connectivity index (χ1n) is 2.99. The summed E-state index contributed by atoms with van der Waals surface area (Å²) in [5, 5.41) is 10.1. The van der Waals surface area contributed by atoms with Crippen LogP contribution in [-0.4, -0.2) is 28.8 Å². The molecule has 0 fully saturated rings. The lowest BCUT2D eigenvalue weighted by molar-refractivity contribution is -0.150. The van der Waals surface area contributed by atoms with Crippen molar-refractivity contribution in [2.45, 2.75) is 19.9 Å². The maximum atomic E-state index is 10.5. The Hall–Kier alpha value is -1.39. The largest absolute Gasteiger partial charge is 0.474 e. The van der Waals surface area contributed by atoms with Crippen LogP contribution < -0.4 is 5.32 Å². The van der Waals surface area contributed by atoms with Gasteiger partial charge in [0.05, 0.1) is 6.04 Å². The third-order valence-electron chi connectivity index (χ3n) is 1.15. The van der Waals surface area contributed by atoms with E-state index in [0.29, 0.717) is 0 Å². The van der Waals surface area contributed by atoms with Gasteiger partial charge in [-0.3, -0.25) is 9.59 Å². The van der Waals surface area contributed by atoms with Crippen molar-refractivity contribution in [1.29, 1.82) is 0 Å². The van der Waals surface area contributed by atoms with Crippen molar-refractivity contribution in [1.82, 2.24) is 5.32 Å². The lowest BCUT2D eigenvalue weighted by Crippen LogP contribution is -2.41. The number of carboxylic acid groups (broad SMARTS) is 1. The Morgan fingerprint density at radius 2 is 1.82 bits per heavy atom. The van der Waals surface area contributed by atoms with Gasteiger partial charge in [0.1, 0.15) is 0 Å². The highest BCUT2D eigenvalue weighted by molar-refractivity contribution is 6.31. The summed E-state index contributed by atoms with van der Waals surface area (Å²) >= 11 is 0. The molecule has 0 aliphatic carbocycles. The molecule has 5 heteroatoms. The van der Waals surface area contributed by atoms with Crippen molar-refractivity contribution in [2.75, 3.05) is 0 Å². The highest BCUT2D eigenvalue weighted by atomic mass is 16.4. The van der Waals surface area contributed by atoms with Gasteiger partial charge in [-0.2, -0.15) is 0 Å². The molecule has 0 aliphatic heterocycles. The van der Waals surface area contributed by atoms with Gasteiger partial charge in [-0.15, -0.1) is 0 Å². The molecule has 0 rings (SSSR count). The molecule has 0 saturated carbocycles. The third kappa shape index (κ3) is 3.34. The molecule has 0 unspecified atom stereocenters. The first-order valence-corrected chi connectivity index (χ1v) is 2.99. The molecule has 0 aliphatic rings. The van der Waals surface area contributed by atoms with Gasteiger partial charge in [0, 0.05) is 0 Å². The van der Waals surface area contributed by atoms with E-state index >= 15 is 0 Å². The van der Waals surface area contributed by atoms with Gasteiger partial charge in [-0.05, 0) is 13.8 Å². The maximum Gasteiger partial charge on any atom is 0.394 e. The van der Waals surface area contributed by atoms with E-state index in [9.17, 15) is 14.4 Å². The Morgan fingerprint density at radius 1 is 1.36 bits per heavy atom. The van der Waals surface area contributed by atoms with Crippen molar-refractivity contribution in [3.05, 3.63) is 0 Å². The number of hydrogen-bond acceptors (Lipinski definition) is 3. The van der Waals surface area contributed by atoms with Gasteiger partial charge < -0.3 is 10.4 Å². The van der Waals surface area contributed by atoms with Gasteiger partial charge in [0.25, 0.3) is 0 Å².